The SMILES string of the molecule is CC1=CC2=NC3CCN(C)CCCC24C(CC(=O)C34)C1. The summed E-state index contributed by atoms with van der Waals surface area (Å²) in [6.07, 6.45) is 7.66. The van der Waals surface area contributed by atoms with Gasteiger partial charge in [-0.05, 0) is 64.7 Å². The number of Topliss-reactive ketones (excluding diaryl/α,β-unsaturated/α-hetero) is 1. The van der Waals surface area contributed by atoms with Gasteiger partial charge < -0.3 is 4.90 Å². The lowest BCUT2D eigenvalue weighted by Crippen LogP contribution is -2.41. The Morgan fingerprint density at radius 2 is 2.20 bits per heavy atom. The van der Waals surface area contributed by atoms with Gasteiger partial charge in [0.25, 0.3) is 0 Å². The summed E-state index contributed by atoms with van der Waals surface area (Å²) in [7, 11) is 2.20. The molecule has 3 heteroatoms. The van der Waals surface area contributed by atoms with Crippen molar-refractivity contribution in [1.29, 1.82) is 0 Å². The number of nitrogens with zero attached hydrogens (tertiary/aromatic N) is 2. The second-order valence-electron chi connectivity index (χ2n) is 7.36. The standard InChI is InChI=1S/C17H24N2O/c1-11-8-12-10-14(20)16-13-4-7-19(2)6-3-5-17(12,16)15(9-11)18-13/h9,12-13,16H,3-8,10H2,1-2H3. The Labute approximate surface area is 121 Å². The zero-order chi connectivity index (χ0) is 13.9. The van der Waals surface area contributed by atoms with Crippen LogP contribution in [-0.2, 0) is 4.79 Å². The molecule has 4 atom stereocenters. The summed E-state index contributed by atoms with van der Waals surface area (Å²) in [5.74, 6) is 1.25. The minimum atomic E-state index is 0.117. The molecule has 0 radical (unpaired) electrons. The molecule has 2 fully saturated rings. The molecule has 2 heterocycles. The van der Waals surface area contributed by atoms with Gasteiger partial charge in [-0.1, -0.05) is 5.57 Å². The van der Waals surface area contributed by atoms with Gasteiger partial charge in [-0.15, -0.1) is 0 Å². The van der Waals surface area contributed by atoms with E-state index in [2.05, 4.69) is 24.9 Å². The van der Waals surface area contributed by atoms with Crippen molar-refractivity contribution in [1.82, 2.24) is 4.90 Å². The summed E-state index contributed by atoms with van der Waals surface area (Å²) < 4.78 is 0. The van der Waals surface area contributed by atoms with Crippen LogP contribution in [0.15, 0.2) is 16.6 Å². The average molecular weight is 272 g/mol. The second-order valence-corrected chi connectivity index (χ2v) is 7.36. The van der Waals surface area contributed by atoms with Crippen LogP contribution in [-0.4, -0.2) is 42.6 Å². The lowest BCUT2D eigenvalue weighted by Gasteiger charge is -2.39. The number of aliphatic imine (C=N–C) groups is 1. The molecule has 4 unspecified atom stereocenters. The first-order valence-electron chi connectivity index (χ1n) is 8.08. The van der Waals surface area contributed by atoms with E-state index in [9.17, 15) is 4.79 Å². The van der Waals surface area contributed by atoms with Crippen molar-refractivity contribution in [3.05, 3.63) is 11.6 Å². The summed E-state index contributed by atoms with van der Waals surface area (Å²) in [5.41, 5.74) is 2.83. The van der Waals surface area contributed by atoms with Crippen molar-refractivity contribution in [2.24, 2.45) is 22.2 Å². The third-order valence-corrected chi connectivity index (χ3v) is 6.13. The molecule has 3 nitrogen and oxygen atoms in total. The van der Waals surface area contributed by atoms with E-state index in [0.717, 1.165) is 38.8 Å². The number of carbonyl (C=O) groups is 1. The lowest BCUT2D eigenvalue weighted by molar-refractivity contribution is -0.122. The molecule has 2 bridgehead atoms. The van der Waals surface area contributed by atoms with Crippen molar-refractivity contribution in [3.63, 3.8) is 0 Å². The van der Waals surface area contributed by atoms with Crippen LogP contribution < -0.4 is 0 Å². The molecular formula is C17H24N2O. The van der Waals surface area contributed by atoms with Gasteiger partial charge in [0.1, 0.15) is 5.78 Å². The van der Waals surface area contributed by atoms with Gasteiger partial charge in [-0.3, -0.25) is 9.79 Å². The Balaban J connectivity index is 1.82. The van der Waals surface area contributed by atoms with Gasteiger partial charge in [0.2, 0.25) is 0 Å². The third-order valence-electron chi connectivity index (χ3n) is 6.13. The summed E-state index contributed by atoms with van der Waals surface area (Å²) in [5, 5.41) is 0. The van der Waals surface area contributed by atoms with E-state index >= 15 is 0 Å². The smallest absolute Gasteiger partial charge is 0.139 e. The van der Waals surface area contributed by atoms with Crippen LogP contribution in [0.25, 0.3) is 0 Å². The third kappa shape index (κ3) is 1.56. The van der Waals surface area contributed by atoms with Crippen molar-refractivity contribution in [2.75, 3.05) is 20.1 Å². The molecule has 1 spiro atoms. The zero-order valence-electron chi connectivity index (χ0n) is 12.6. The molecule has 0 aromatic rings. The highest BCUT2D eigenvalue weighted by Gasteiger charge is 2.63. The molecule has 2 aliphatic heterocycles. The lowest BCUT2D eigenvalue weighted by atomic mass is 9.62. The molecule has 0 amide bonds. The van der Waals surface area contributed by atoms with Gasteiger partial charge in [-0.25, -0.2) is 0 Å². The van der Waals surface area contributed by atoms with Crippen molar-refractivity contribution >= 4 is 11.5 Å². The van der Waals surface area contributed by atoms with E-state index < -0.39 is 0 Å². The highest BCUT2D eigenvalue weighted by atomic mass is 16.1. The molecule has 20 heavy (non-hydrogen) atoms. The Morgan fingerprint density at radius 1 is 1.35 bits per heavy atom. The molecule has 0 N–H and O–H groups in total. The van der Waals surface area contributed by atoms with Crippen molar-refractivity contribution in [2.45, 2.75) is 45.1 Å². The van der Waals surface area contributed by atoms with Crippen LogP contribution in [0.5, 0.6) is 0 Å². The quantitative estimate of drug-likeness (QED) is 0.678. The Morgan fingerprint density at radius 3 is 3.05 bits per heavy atom. The van der Waals surface area contributed by atoms with Crippen molar-refractivity contribution < 1.29 is 4.79 Å². The second kappa shape index (κ2) is 4.27. The molecule has 1 saturated heterocycles. The Hall–Kier alpha value is -0.960. The molecule has 4 aliphatic rings. The predicted octanol–water partition coefficient (Wildman–Crippen LogP) is 2.47. The minimum absolute atomic E-state index is 0.117. The number of ketones is 1. The minimum Gasteiger partial charge on any atom is -0.306 e. The average Bonchev–Trinajstić information content (AvgIpc) is 2.86. The number of allylic oxidation sites excluding steroid dienone is 2. The van der Waals surface area contributed by atoms with Crippen LogP contribution in [0, 0.1) is 17.3 Å². The fourth-order valence-electron chi connectivity index (χ4n) is 5.32. The number of rotatable bonds is 0. The van der Waals surface area contributed by atoms with E-state index in [0.29, 0.717) is 11.7 Å². The molecule has 2 aliphatic carbocycles. The van der Waals surface area contributed by atoms with Gasteiger partial charge in [-0.2, -0.15) is 0 Å². The highest BCUT2D eigenvalue weighted by Crippen LogP contribution is 2.60. The topological polar surface area (TPSA) is 32.7 Å². The number of carbonyl (C=O) groups excluding carboxylic acids is 1. The maximum atomic E-state index is 12.7. The van der Waals surface area contributed by atoms with Gasteiger partial charge in [0, 0.05) is 17.5 Å². The predicted molar refractivity (Wildman–Crippen MR) is 80.0 cm³/mol. The molecule has 0 aromatic carbocycles. The fraction of sp³-hybridized carbons (Fsp3) is 0.765. The summed E-state index contributed by atoms with van der Waals surface area (Å²) in [6.45, 7) is 4.45. The normalized spacial score (nSPS) is 44.3. The first-order valence-corrected chi connectivity index (χ1v) is 8.08. The number of hydrogen-bond donors (Lipinski definition) is 0. The van der Waals surface area contributed by atoms with Crippen LogP contribution in [0.4, 0.5) is 0 Å². The van der Waals surface area contributed by atoms with Crippen LogP contribution >= 0.6 is 0 Å². The molecule has 1 saturated carbocycles. The largest absolute Gasteiger partial charge is 0.306 e. The van der Waals surface area contributed by atoms with E-state index in [1.807, 2.05) is 0 Å². The first-order chi connectivity index (χ1) is 9.61. The molecular weight excluding hydrogens is 248 g/mol. The van der Waals surface area contributed by atoms with Gasteiger partial charge in [0.15, 0.2) is 0 Å². The van der Waals surface area contributed by atoms with Crippen LogP contribution in [0.3, 0.4) is 0 Å². The van der Waals surface area contributed by atoms with Crippen LogP contribution in [0.1, 0.15) is 39.0 Å². The van der Waals surface area contributed by atoms with Crippen LogP contribution in [0.2, 0.25) is 0 Å². The fourth-order valence-corrected chi connectivity index (χ4v) is 5.32. The van der Waals surface area contributed by atoms with Crippen molar-refractivity contribution in [3.8, 4) is 0 Å². The maximum absolute atomic E-state index is 12.7. The number of hydrogen-bond acceptors (Lipinski definition) is 3. The summed E-state index contributed by atoms with van der Waals surface area (Å²) >= 11 is 0. The Bertz CT molecular complexity index is 521. The van der Waals surface area contributed by atoms with E-state index in [-0.39, 0.29) is 17.4 Å². The molecule has 4 rings (SSSR count). The molecule has 108 valence electrons. The van der Waals surface area contributed by atoms with E-state index in [1.165, 1.54) is 17.7 Å². The molecule has 0 aromatic heterocycles. The van der Waals surface area contributed by atoms with Gasteiger partial charge in [0.05, 0.1) is 12.0 Å². The highest BCUT2D eigenvalue weighted by molar-refractivity contribution is 6.09. The summed E-state index contributed by atoms with van der Waals surface area (Å²) in [6, 6.07) is 0.255. The van der Waals surface area contributed by atoms with E-state index in [1.54, 1.807) is 0 Å². The summed E-state index contributed by atoms with van der Waals surface area (Å²) in [4.78, 5) is 20.1. The monoisotopic (exact) mass is 272 g/mol. The van der Waals surface area contributed by atoms with E-state index in [4.69, 9.17) is 4.99 Å². The maximum Gasteiger partial charge on any atom is 0.139 e. The first kappa shape index (κ1) is 12.8. The zero-order valence-corrected chi connectivity index (χ0v) is 12.6. The Kier molecular flexibility index (Phi) is 2.72. The van der Waals surface area contributed by atoms with Gasteiger partial charge >= 0.3 is 0 Å².